The smallest absolute Gasteiger partial charge is 0.152 e. The zero-order valence-corrected chi connectivity index (χ0v) is 10.9. The van der Waals surface area contributed by atoms with Gasteiger partial charge in [0.15, 0.2) is 5.78 Å². The van der Waals surface area contributed by atoms with Gasteiger partial charge in [-0.25, -0.2) is 0 Å². The Kier molecular flexibility index (Phi) is 4.21. The van der Waals surface area contributed by atoms with Crippen LogP contribution in [0.3, 0.4) is 0 Å². The van der Waals surface area contributed by atoms with Gasteiger partial charge < -0.3 is 10.5 Å². The maximum atomic E-state index is 12.2. The summed E-state index contributed by atoms with van der Waals surface area (Å²) in [5.74, 6) is 0.435. The van der Waals surface area contributed by atoms with Crippen LogP contribution >= 0.6 is 0 Å². The van der Waals surface area contributed by atoms with Crippen molar-refractivity contribution in [3.8, 4) is 0 Å². The van der Waals surface area contributed by atoms with Gasteiger partial charge in [-0.2, -0.15) is 0 Å². The van der Waals surface area contributed by atoms with Gasteiger partial charge >= 0.3 is 0 Å². The number of hydrogen-bond acceptors (Lipinski definition) is 3. The van der Waals surface area contributed by atoms with Gasteiger partial charge in [0.2, 0.25) is 0 Å². The van der Waals surface area contributed by atoms with Gasteiger partial charge in [-0.3, -0.25) is 4.79 Å². The van der Waals surface area contributed by atoms with Crippen molar-refractivity contribution in [2.24, 2.45) is 11.7 Å². The number of Topliss-reactive ketones (excluding diaryl/α,β-unsaturated/α-hetero) is 1. The number of hydrogen-bond donors (Lipinski definition) is 1. The highest BCUT2D eigenvalue weighted by Gasteiger charge is 2.42. The van der Waals surface area contributed by atoms with Crippen LogP contribution in [-0.4, -0.2) is 24.0 Å². The summed E-state index contributed by atoms with van der Waals surface area (Å²) in [6.45, 7) is 2.82. The van der Waals surface area contributed by atoms with E-state index in [-0.39, 0.29) is 23.3 Å². The molecule has 3 heteroatoms. The molecule has 1 heterocycles. The Morgan fingerprint density at radius 1 is 1.47 bits per heavy atom. The van der Waals surface area contributed by atoms with Gasteiger partial charge in [-0.1, -0.05) is 26.2 Å². The molecule has 0 amide bonds. The Morgan fingerprint density at radius 2 is 2.18 bits per heavy atom. The molecule has 0 aromatic heterocycles. The number of nitrogens with two attached hydrogens (primary N) is 1. The Labute approximate surface area is 104 Å². The summed E-state index contributed by atoms with van der Waals surface area (Å²) in [5.41, 5.74) is 5.99. The van der Waals surface area contributed by atoms with Gasteiger partial charge in [-0.15, -0.1) is 0 Å². The molecule has 0 aromatic carbocycles. The molecule has 1 aliphatic carbocycles. The maximum absolute atomic E-state index is 12.2. The monoisotopic (exact) mass is 239 g/mol. The van der Waals surface area contributed by atoms with Gasteiger partial charge in [-0.05, 0) is 32.1 Å². The minimum atomic E-state index is -0.249. The number of ether oxygens (including phenoxy) is 1. The largest absolute Gasteiger partial charge is 0.375 e. The zero-order valence-electron chi connectivity index (χ0n) is 10.9. The van der Waals surface area contributed by atoms with Crippen LogP contribution in [0.5, 0.6) is 0 Å². The van der Waals surface area contributed by atoms with Crippen molar-refractivity contribution in [1.82, 2.24) is 0 Å². The average Bonchev–Trinajstić information content (AvgIpc) is 2.76. The van der Waals surface area contributed by atoms with E-state index in [0.29, 0.717) is 0 Å². The molecule has 2 unspecified atom stereocenters. The lowest BCUT2D eigenvalue weighted by Gasteiger charge is -2.38. The van der Waals surface area contributed by atoms with E-state index in [0.717, 1.165) is 45.1 Å². The molecule has 2 atom stereocenters. The summed E-state index contributed by atoms with van der Waals surface area (Å²) in [6, 6.07) is -0.249. The molecule has 98 valence electrons. The Morgan fingerprint density at radius 3 is 2.82 bits per heavy atom. The quantitative estimate of drug-likeness (QED) is 0.819. The number of carbonyl (C=O) groups excluding carboxylic acids is 1. The first-order valence-corrected chi connectivity index (χ1v) is 7.10. The van der Waals surface area contributed by atoms with Gasteiger partial charge in [0.1, 0.15) is 0 Å². The highest BCUT2D eigenvalue weighted by atomic mass is 16.5. The molecule has 1 aliphatic heterocycles. The second-order valence-electron chi connectivity index (χ2n) is 5.73. The van der Waals surface area contributed by atoms with Crippen LogP contribution in [0.4, 0.5) is 0 Å². The number of ketones is 1. The zero-order chi connectivity index (χ0) is 12.3. The molecule has 2 fully saturated rings. The Balaban J connectivity index is 1.94. The second-order valence-corrected chi connectivity index (χ2v) is 5.73. The highest BCUT2D eigenvalue weighted by molar-refractivity contribution is 5.86. The molecular formula is C14H25NO2. The van der Waals surface area contributed by atoms with Crippen LogP contribution in [0.25, 0.3) is 0 Å². The van der Waals surface area contributed by atoms with Gasteiger partial charge in [0.25, 0.3) is 0 Å². The molecule has 2 aliphatic rings. The summed E-state index contributed by atoms with van der Waals surface area (Å²) in [4.78, 5) is 12.2. The first kappa shape index (κ1) is 13.0. The third kappa shape index (κ3) is 2.89. The van der Waals surface area contributed by atoms with Crippen molar-refractivity contribution in [2.45, 2.75) is 69.9 Å². The van der Waals surface area contributed by atoms with E-state index in [1.54, 1.807) is 0 Å². The fourth-order valence-electron chi connectivity index (χ4n) is 3.39. The van der Waals surface area contributed by atoms with E-state index in [9.17, 15) is 4.79 Å². The summed E-state index contributed by atoms with van der Waals surface area (Å²) in [5, 5.41) is 0. The molecule has 1 saturated heterocycles. The molecule has 2 rings (SSSR count). The molecule has 1 saturated carbocycles. The fraction of sp³-hybridized carbons (Fsp3) is 0.929. The van der Waals surface area contributed by atoms with Gasteiger partial charge in [0, 0.05) is 12.5 Å². The molecular weight excluding hydrogens is 214 g/mol. The minimum absolute atomic E-state index is 0.0323. The third-order valence-corrected chi connectivity index (χ3v) is 4.38. The van der Waals surface area contributed by atoms with Crippen LogP contribution in [0, 0.1) is 5.92 Å². The van der Waals surface area contributed by atoms with E-state index in [1.165, 1.54) is 12.8 Å². The molecule has 3 nitrogen and oxygen atoms in total. The van der Waals surface area contributed by atoms with Crippen molar-refractivity contribution in [3.63, 3.8) is 0 Å². The lowest BCUT2D eigenvalue weighted by molar-refractivity contribution is -0.137. The summed E-state index contributed by atoms with van der Waals surface area (Å²) in [6.07, 6.45) is 8.38. The standard InChI is InChI=1S/C14H25NO2/c1-2-5-12(15)13(16)11-6-9-17-14(10-11)7-3-4-8-14/h11-12H,2-10,15H2,1H3. The third-order valence-electron chi connectivity index (χ3n) is 4.38. The number of rotatable bonds is 4. The van der Waals surface area contributed by atoms with Crippen LogP contribution in [0.15, 0.2) is 0 Å². The lowest BCUT2D eigenvalue weighted by Crippen LogP contribution is -2.44. The van der Waals surface area contributed by atoms with Crippen LogP contribution < -0.4 is 5.73 Å². The van der Waals surface area contributed by atoms with Crippen LogP contribution in [0.2, 0.25) is 0 Å². The van der Waals surface area contributed by atoms with Crippen molar-refractivity contribution >= 4 is 5.78 Å². The molecule has 0 radical (unpaired) electrons. The molecule has 1 spiro atoms. The van der Waals surface area contributed by atoms with Crippen LogP contribution in [0.1, 0.15) is 58.3 Å². The van der Waals surface area contributed by atoms with Crippen molar-refractivity contribution in [2.75, 3.05) is 6.61 Å². The molecule has 0 bridgehead atoms. The van der Waals surface area contributed by atoms with E-state index < -0.39 is 0 Å². The topological polar surface area (TPSA) is 52.3 Å². The fourth-order valence-corrected chi connectivity index (χ4v) is 3.39. The Bertz CT molecular complexity index is 271. The summed E-state index contributed by atoms with van der Waals surface area (Å²) in [7, 11) is 0. The summed E-state index contributed by atoms with van der Waals surface area (Å²) >= 11 is 0. The van der Waals surface area contributed by atoms with Crippen LogP contribution in [-0.2, 0) is 9.53 Å². The van der Waals surface area contributed by atoms with Gasteiger partial charge in [0.05, 0.1) is 11.6 Å². The number of carbonyl (C=O) groups is 1. The minimum Gasteiger partial charge on any atom is -0.375 e. The molecule has 17 heavy (non-hydrogen) atoms. The normalized spacial score (nSPS) is 29.4. The Hall–Kier alpha value is -0.410. The maximum Gasteiger partial charge on any atom is 0.152 e. The van der Waals surface area contributed by atoms with E-state index in [1.807, 2.05) is 0 Å². The van der Waals surface area contributed by atoms with Crippen molar-refractivity contribution < 1.29 is 9.53 Å². The second kappa shape index (κ2) is 5.49. The average molecular weight is 239 g/mol. The predicted octanol–water partition coefficient (Wildman–Crippen LogP) is 2.42. The summed E-state index contributed by atoms with van der Waals surface area (Å²) < 4.78 is 5.95. The first-order valence-electron chi connectivity index (χ1n) is 7.10. The first-order chi connectivity index (χ1) is 8.17. The van der Waals surface area contributed by atoms with E-state index >= 15 is 0 Å². The van der Waals surface area contributed by atoms with Crippen molar-refractivity contribution in [3.05, 3.63) is 0 Å². The molecule has 2 N–H and O–H groups in total. The lowest BCUT2D eigenvalue weighted by atomic mass is 9.80. The predicted molar refractivity (Wildman–Crippen MR) is 67.8 cm³/mol. The molecule has 0 aromatic rings. The highest BCUT2D eigenvalue weighted by Crippen LogP contribution is 2.42. The van der Waals surface area contributed by atoms with E-state index in [4.69, 9.17) is 10.5 Å². The SMILES string of the molecule is CCCC(N)C(=O)C1CCOC2(CCCC2)C1. The van der Waals surface area contributed by atoms with E-state index in [2.05, 4.69) is 6.92 Å². The van der Waals surface area contributed by atoms with Crippen molar-refractivity contribution in [1.29, 1.82) is 0 Å².